The summed E-state index contributed by atoms with van der Waals surface area (Å²) in [6.45, 7) is 4.25. The van der Waals surface area contributed by atoms with Crippen molar-refractivity contribution in [1.29, 1.82) is 0 Å². The van der Waals surface area contributed by atoms with Crippen LogP contribution in [0.2, 0.25) is 0 Å². The van der Waals surface area contributed by atoms with E-state index >= 15 is 0 Å². The highest BCUT2D eigenvalue weighted by molar-refractivity contribution is 6.62. The molecule has 1 aromatic rings. The van der Waals surface area contributed by atoms with E-state index in [1.54, 1.807) is 0 Å². The summed E-state index contributed by atoms with van der Waals surface area (Å²) >= 11 is 0. The Morgan fingerprint density at radius 3 is 2.20 bits per heavy atom. The van der Waals surface area contributed by atoms with E-state index in [2.05, 4.69) is 13.8 Å². The summed E-state index contributed by atoms with van der Waals surface area (Å²) in [4.78, 5) is 0. The fourth-order valence-electron chi connectivity index (χ4n) is 1.78. The van der Waals surface area contributed by atoms with Gasteiger partial charge in [0.15, 0.2) is 0 Å². The molecule has 0 bridgehead atoms. The quantitative estimate of drug-likeness (QED) is 0.520. The average Bonchev–Trinajstić information content (AvgIpc) is 2.20. The summed E-state index contributed by atoms with van der Waals surface area (Å²) in [6.07, 6.45) is 2.16. The standard InChI is InChI=1S/C11H12B4/c1-3-4-6(2)7-5-8(12)10(14)11(15)9(7)13/h5-6H,3-4H2,1-2H3. The van der Waals surface area contributed by atoms with Gasteiger partial charge in [-0.15, -0.1) is 21.9 Å². The average molecular weight is 187 g/mol. The van der Waals surface area contributed by atoms with Crippen LogP contribution in [0.15, 0.2) is 6.07 Å². The molecule has 0 saturated heterocycles. The number of hydrogen-bond acceptors (Lipinski definition) is 0. The molecule has 0 heterocycles. The maximum atomic E-state index is 5.92. The van der Waals surface area contributed by atoms with Crippen LogP contribution in [0.1, 0.15) is 38.2 Å². The van der Waals surface area contributed by atoms with Crippen LogP contribution in [0, 0.1) is 0 Å². The van der Waals surface area contributed by atoms with E-state index < -0.39 is 0 Å². The van der Waals surface area contributed by atoms with E-state index in [1.807, 2.05) is 6.07 Å². The van der Waals surface area contributed by atoms with E-state index in [1.165, 1.54) is 0 Å². The van der Waals surface area contributed by atoms with Gasteiger partial charge >= 0.3 is 0 Å². The molecule has 68 valence electrons. The van der Waals surface area contributed by atoms with Gasteiger partial charge in [-0.1, -0.05) is 31.9 Å². The van der Waals surface area contributed by atoms with Crippen LogP contribution < -0.4 is 21.9 Å². The van der Waals surface area contributed by atoms with Crippen molar-refractivity contribution in [3.8, 4) is 0 Å². The highest BCUT2D eigenvalue weighted by Gasteiger charge is 2.10. The van der Waals surface area contributed by atoms with Crippen molar-refractivity contribution in [2.75, 3.05) is 0 Å². The first-order chi connectivity index (χ1) is 6.99. The minimum absolute atomic E-state index is 0.361. The van der Waals surface area contributed by atoms with Crippen molar-refractivity contribution in [3.05, 3.63) is 11.6 Å². The molecule has 0 spiro atoms. The molecule has 1 aromatic carbocycles. The third-order valence-electron chi connectivity index (χ3n) is 2.77. The SMILES string of the molecule is [B]c1cc(C(C)CCC)c([B])c([B])c1[B]. The molecule has 0 aliphatic carbocycles. The van der Waals surface area contributed by atoms with Crippen LogP contribution in [0.5, 0.6) is 0 Å². The fourth-order valence-corrected chi connectivity index (χ4v) is 1.78. The molecule has 1 atom stereocenters. The summed E-state index contributed by atoms with van der Waals surface area (Å²) in [5.41, 5.74) is 2.89. The molecule has 0 saturated carbocycles. The summed E-state index contributed by atoms with van der Waals surface area (Å²) in [5.74, 6) is 0.361. The van der Waals surface area contributed by atoms with Crippen LogP contribution in [-0.4, -0.2) is 31.4 Å². The van der Waals surface area contributed by atoms with Crippen LogP contribution in [-0.2, 0) is 0 Å². The van der Waals surface area contributed by atoms with Gasteiger partial charge in [-0.2, -0.15) is 0 Å². The zero-order chi connectivity index (χ0) is 11.6. The lowest BCUT2D eigenvalue weighted by Crippen LogP contribution is -2.49. The first kappa shape index (κ1) is 12.5. The van der Waals surface area contributed by atoms with Crippen molar-refractivity contribution in [2.24, 2.45) is 0 Å². The Bertz CT molecular complexity index is 360. The third-order valence-corrected chi connectivity index (χ3v) is 2.77. The maximum Gasteiger partial charge on any atom is 0.113 e. The predicted octanol–water partition coefficient (Wildman–Crippen LogP) is -1.23. The minimum atomic E-state index is 0.361. The molecule has 0 amide bonds. The molecule has 0 N–H and O–H groups in total. The molecule has 4 heteroatoms. The van der Waals surface area contributed by atoms with Crippen molar-refractivity contribution in [1.82, 2.24) is 0 Å². The van der Waals surface area contributed by atoms with Crippen molar-refractivity contribution in [2.45, 2.75) is 32.6 Å². The van der Waals surface area contributed by atoms with Gasteiger partial charge in [-0.3, -0.25) is 0 Å². The zero-order valence-corrected chi connectivity index (χ0v) is 9.38. The summed E-state index contributed by atoms with van der Waals surface area (Å²) in [7, 11) is 23.2. The Hall–Kier alpha value is -0.520. The topological polar surface area (TPSA) is 0 Å². The smallest absolute Gasteiger partial charge is 0.111 e. The van der Waals surface area contributed by atoms with E-state index in [-0.39, 0.29) is 0 Å². The zero-order valence-electron chi connectivity index (χ0n) is 9.38. The first-order valence-corrected chi connectivity index (χ1v) is 5.21. The Balaban J connectivity index is 3.19. The van der Waals surface area contributed by atoms with Gasteiger partial charge in [0.1, 0.15) is 31.4 Å². The van der Waals surface area contributed by atoms with E-state index in [4.69, 9.17) is 31.4 Å². The van der Waals surface area contributed by atoms with Crippen molar-refractivity contribution >= 4 is 53.2 Å². The molecule has 0 aliphatic rings. The van der Waals surface area contributed by atoms with Crippen LogP contribution in [0.4, 0.5) is 0 Å². The van der Waals surface area contributed by atoms with Gasteiger partial charge in [-0.05, 0) is 12.3 Å². The Labute approximate surface area is 97.9 Å². The molecule has 0 aromatic heterocycles. The molecule has 1 unspecified atom stereocenters. The number of hydrogen-bond donors (Lipinski definition) is 0. The normalized spacial score (nSPS) is 12.7. The maximum absolute atomic E-state index is 5.92. The Morgan fingerprint density at radius 2 is 1.67 bits per heavy atom. The Kier molecular flexibility index (Phi) is 4.19. The second-order valence-electron chi connectivity index (χ2n) is 3.99. The van der Waals surface area contributed by atoms with Gasteiger partial charge < -0.3 is 0 Å². The van der Waals surface area contributed by atoms with E-state index in [0.717, 1.165) is 18.4 Å². The molecule has 1 rings (SSSR count). The van der Waals surface area contributed by atoms with Crippen molar-refractivity contribution in [3.63, 3.8) is 0 Å². The van der Waals surface area contributed by atoms with E-state index in [9.17, 15) is 0 Å². The molecular weight excluding hydrogens is 175 g/mol. The highest BCUT2D eigenvalue weighted by atomic mass is 14.1. The molecule has 8 radical (unpaired) electrons. The van der Waals surface area contributed by atoms with Gasteiger partial charge in [0.05, 0.1) is 0 Å². The molecular formula is C11H12B4. The minimum Gasteiger partial charge on any atom is -0.111 e. The fraction of sp³-hybridized carbons (Fsp3) is 0.455. The summed E-state index contributed by atoms with van der Waals surface area (Å²) < 4.78 is 0. The molecule has 0 nitrogen and oxygen atoms in total. The summed E-state index contributed by atoms with van der Waals surface area (Å²) in [5, 5.41) is 0. The number of benzene rings is 1. The van der Waals surface area contributed by atoms with Crippen LogP contribution in [0.3, 0.4) is 0 Å². The number of rotatable bonds is 3. The van der Waals surface area contributed by atoms with Gasteiger partial charge in [0.2, 0.25) is 0 Å². The van der Waals surface area contributed by atoms with Gasteiger partial charge in [-0.25, -0.2) is 0 Å². The van der Waals surface area contributed by atoms with Crippen LogP contribution in [0.25, 0.3) is 0 Å². The van der Waals surface area contributed by atoms with Gasteiger partial charge in [0.25, 0.3) is 0 Å². The largest absolute Gasteiger partial charge is 0.113 e. The van der Waals surface area contributed by atoms with Crippen molar-refractivity contribution < 1.29 is 0 Å². The van der Waals surface area contributed by atoms with Gasteiger partial charge in [0, 0.05) is 0 Å². The molecule has 0 fully saturated rings. The third kappa shape index (κ3) is 2.53. The van der Waals surface area contributed by atoms with Crippen LogP contribution >= 0.6 is 0 Å². The van der Waals surface area contributed by atoms with E-state index in [0.29, 0.717) is 27.8 Å². The Morgan fingerprint density at radius 1 is 1.07 bits per heavy atom. The molecule has 0 aliphatic heterocycles. The highest BCUT2D eigenvalue weighted by Crippen LogP contribution is 2.16. The second kappa shape index (κ2) is 5.01. The lowest BCUT2D eigenvalue weighted by Gasteiger charge is -2.20. The predicted molar refractivity (Wildman–Crippen MR) is 71.3 cm³/mol. The summed E-state index contributed by atoms with van der Waals surface area (Å²) in [6, 6.07) is 1.83. The first-order valence-electron chi connectivity index (χ1n) is 5.21. The molecule has 15 heavy (non-hydrogen) atoms. The lowest BCUT2D eigenvalue weighted by molar-refractivity contribution is 0.668. The second-order valence-corrected chi connectivity index (χ2v) is 3.99. The monoisotopic (exact) mass is 188 g/mol. The lowest BCUT2D eigenvalue weighted by atomic mass is 9.64.